The monoisotopic (exact) mass is 479 g/mol. The number of hydrogen-bond acceptors (Lipinski definition) is 5. The molecule has 0 atom stereocenters. The first-order chi connectivity index (χ1) is 14.6. The number of nitrogens with one attached hydrogen (secondary N) is 2. The molecule has 0 radical (unpaired) electrons. The van der Waals surface area contributed by atoms with E-state index in [9.17, 15) is 4.79 Å². The summed E-state index contributed by atoms with van der Waals surface area (Å²) in [5.74, 6) is 2.10. The minimum absolute atomic E-state index is 0.0947. The number of carbonyl (C=O) groups is 1. The van der Waals surface area contributed by atoms with Crippen molar-refractivity contribution in [2.75, 3.05) is 5.32 Å². The molecule has 1 aliphatic rings. The lowest BCUT2D eigenvalue weighted by Gasteiger charge is -2.04. The number of aromatic nitrogens is 4. The first-order valence-corrected chi connectivity index (χ1v) is 11.3. The Balaban J connectivity index is 1.21. The molecule has 1 fully saturated rings. The third-order valence-corrected chi connectivity index (χ3v) is 6.29. The number of thiazole rings is 1. The van der Waals surface area contributed by atoms with Gasteiger partial charge in [-0.15, -0.1) is 11.3 Å². The Morgan fingerprint density at radius 2 is 1.97 bits per heavy atom. The molecule has 0 bridgehead atoms. The zero-order valence-electron chi connectivity index (χ0n) is 15.9. The second kappa shape index (κ2) is 8.12. The summed E-state index contributed by atoms with van der Waals surface area (Å²) in [6.45, 7) is 0. The van der Waals surface area contributed by atoms with Crippen LogP contribution in [0.4, 0.5) is 5.69 Å². The van der Waals surface area contributed by atoms with Gasteiger partial charge in [-0.3, -0.25) is 9.89 Å². The van der Waals surface area contributed by atoms with E-state index in [4.69, 9.17) is 0 Å². The zero-order valence-corrected chi connectivity index (χ0v) is 18.3. The highest BCUT2D eigenvalue weighted by Crippen LogP contribution is 2.38. The van der Waals surface area contributed by atoms with Crippen LogP contribution in [0.3, 0.4) is 0 Å². The number of benzene rings is 2. The van der Waals surface area contributed by atoms with Crippen LogP contribution in [-0.2, 0) is 11.2 Å². The molecular weight excluding hydrogens is 462 g/mol. The van der Waals surface area contributed by atoms with Gasteiger partial charge in [-0.1, -0.05) is 28.1 Å². The van der Waals surface area contributed by atoms with Crippen LogP contribution < -0.4 is 5.32 Å². The lowest BCUT2D eigenvalue weighted by atomic mass is 10.2. The second-order valence-corrected chi connectivity index (χ2v) is 9.05. The average Bonchev–Trinajstić information content (AvgIpc) is 3.29. The van der Waals surface area contributed by atoms with Crippen molar-refractivity contribution >= 4 is 38.9 Å². The van der Waals surface area contributed by atoms with Crippen molar-refractivity contribution in [2.45, 2.75) is 25.2 Å². The minimum atomic E-state index is -0.0947. The van der Waals surface area contributed by atoms with E-state index in [1.165, 1.54) is 24.2 Å². The summed E-state index contributed by atoms with van der Waals surface area (Å²) < 4.78 is 1.01. The van der Waals surface area contributed by atoms with Crippen molar-refractivity contribution in [1.82, 2.24) is 20.2 Å². The molecule has 2 aromatic carbocycles. The lowest BCUT2D eigenvalue weighted by molar-refractivity contribution is -0.115. The number of aromatic amines is 1. The Morgan fingerprint density at radius 3 is 2.73 bits per heavy atom. The smallest absolute Gasteiger partial charge is 0.230 e. The Morgan fingerprint density at radius 1 is 1.13 bits per heavy atom. The van der Waals surface area contributed by atoms with Crippen LogP contribution in [0.5, 0.6) is 0 Å². The average molecular weight is 480 g/mol. The summed E-state index contributed by atoms with van der Waals surface area (Å²) in [7, 11) is 0. The molecule has 6 nitrogen and oxygen atoms in total. The van der Waals surface area contributed by atoms with Crippen molar-refractivity contribution in [3.8, 4) is 22.0 Å². The van der Waals surface area contributed by atoms with Gasteiger partial charge in [0.2, 0.25) is 5.91 Å². The van der Waals surface area contributed by atoms with Crippen LogP contribution >= 0.6 is 27.3 Å². The maximum atomic E-state index is 12.4. The van der Waals surface area contributed by atoms with Gasteiger partial charge in [0.05, 0.1) is 12.1 Å². The molecule has 5 rings (SSSR count). The third-order valence-electron chi connectivity index (χ3n) is 4.86. The minimum Gasteiger partial charge on any atom is -0.326 e. The highest BCUT2D eigenvalue weighted by molar-refractivity contribution is 9.10. The van der Waals surface area contributed by atoms with Gasteiger partial charge in [-0.05, 0) is 49.2 Å². The van der Waals surface area contributed by atoms with Crippen molar-refractivity contribution < 1.29 is 4.79 Å². The third kappa shape index (κ3) is 4.34. The van der Waals surface area contributed by atoms with E-state index in [-0.39, 0.29) is 12.3 Å². The summed E-state index contributed by atoms with van der Waals surface area (Å²) in [5, 5.41) is 13.1. The first-order valence-electron chi connectivity index (χ1n) is 9.67. The standard InChI is InChI=1S/C22H18BrN5OS/c23-16-3-1-2-15(10-16)22-25-18(12-30-22)11-19(29)24-17-8-6-14(7-9-17)21-26-20(27-28-21)13-4-5-13/h1-3,6-10,12-13H,4-5,11H2,(H,24,29)(H,26,27,28). The quantitative estimate of drug-likeness (QED) is 0.386. The highest BCUT2D eigenvalue weighted by Gasteiger charge is 2.27. The van der Waals surface area contributed by atoms with Crippen LogP contribution in [0, 0.1) is 0 Å². The van der Waals surface area contributed by atoms with Gasteiger partial charge in [0.25, 0.3) is 0 Å². The van der Waals surface area contributed by atoms with Crippen molar-refractivity contribution in [1.29, 1.82) is 0 Å². The molecule has 0 unspecified atom stereocenters. The van der Waals surface area contributed by atoms with Gasteiger partial charge < -0.3 is 5.32 Å². The van der Waals surface area contributed by atoms with Crippen LogP contribution in [0.1, 0.15) is 30.3 Å². The predicted octanol–water partition coefficient (Wildman–Crippen LogP) is 5.42. The normalized spacial score (nSPS) is 13.4. The number of nitrogens with zero attached hydrogens (tertiary/aromatic N) is 3. The second-order valence-electron chi connectivity index (χ2n) is 7.28. The van der Waals surface area contributed by atoms with Crippen LogP contribution in [0.15, 0.2) is 58.4 Å². The number of rotatable bonds is 6. The fourth-order valence-corrected chi connectivity index (χ4v) is 4.37. The summed E-state index contributed by atoms with van der Waals surface area (Å²) in [4.78, 5) is 21.6. The molecule has 0 aliphatic heterocycles. The molecule has 2 aromatic heterocycles. The molecule has 1 saturated carbocycles. The number of hydrogen-bond donors (Lipinski definition) is 2. The number of amides is 1. The van der Waals surface area contributed by atoms with Crippen molar-refractivity contribution in [3.05, 3.63) is 69.9 Å². The van der Waals surface area contributed by atoms with Crippen molar-refractivity contribution in [2.24, 2.45) is 0 Å². The molecule has 4 aromatic rings. The van der Waals surface area contributed by atoms with Gasteiger partial charge in [-0.2, -0.15) is 5.10 Å². The molecule has 2 N–H and O–H groups in total. The number of H-pyrrole nitrogens is 1. The Hall–Kier alpha value is -2.84. The van der Waals surface area contributed by atoms with E-state index >= 15 is 0 Å². The number of halogens is 1. The van der Waals surface area contributed by atoms with E-state index in [2.05, 4.69) is 41.4 Å². The fourth-order valence-electron chi connectivity index (χ4n) is 3.16. The van der Waals surface area contributed by atoms with E-state index in [1.807, 2.05) is 53.9 Å². The summed E-state index contributed by atoms with van der Waals surface area (Å²) in [6.07, 6.45) is 2.60. The van der Waals surface area contributed by atoms with Gasteiger partial charge >= 0.3 is 0 Å². The van der Waals surface area contributed by atoms with Gasteiger partial charge in [0.1, 0.15) is 10.8 Å². The number of carbonyl (C=O) groups excluding carboxylic acids is 1. The van der Waals surface area contributed by atoms with Crippen LogP contribution in [0.25, 0.3) is 22.0 Å². The molecule has 1 amide bonds. The number of anilines is 1. The zero-order chi connectivity index (χ0) is 20.5. The molecule has 30 heavy (non-hydrogen) atoms. The Labute approximate surface area is 185 Å². The molecule has 150 valence electrons. The topological polar surface area (TPSA) is 83.6 Å². The lowest BCUT2D eigenvalue weighted by Crippen LogP contribution is -2.14. The van der Waals surface area contributed by atoms with Crippen molar-refractivity contribution in [3.63, 3.8) is 0 Å². The fraction of sp³-hybridized carbons (Fsp3) is 0.182. The molecule has 2 heterocycles. The van der Waals surface area contributed by atoms with Crippen LogP contribution in [-0.4, -0.2) is 26.1 Å². The molecule has 8 heteroatoms. The van der Waals surface area contributed by atoms with E-state index < -0.39 is 0 Å². The summed E-state index contributed by atoms with van der Waals surface area (Å²) in [6, 6.07) is 15.6. The predicted molar refractivity (Wildman–Crippen MR) is 121 cm³/mol. The SMILES string of the molecule is O=C(Cc1csc(-c2cccc(Br)c2)n1)Nc1ccc(-c2n[nH]c(C3CC3)n2)cc1. The van der Waals surface area contributed by atoms with E-state index in [0.717, 1.165) is 37.8 Å². The first kappa shape index (κ1) is 19.1. The van der Waals surface area contributed by atoms with E-state index in [0.29, 0.717) is 11.7 Å². The Kier molecular flexibility index (Phi) is 5.18. The Bertz CT molecular complexity index is 1200. The maximum Gasteiger partial charge on any atom is 0.230 e. The van der Waals surface area contributed by atoms with E-state index in [1.54, 1.807) is 0 Å². The summed E-state index contributed by atoms with van der Waals surface area (Å²) in [5.41, 5.74) is 3.46. The van der Waals surface area contributed by atoms with Gasteiger partial charge in [0, 0.05) is 32.6 Å². The largest absolute Gasteiger partial charge is 0.326 e. The molecular formula is C22H18BrN5OS. The molecule has 0 spiro atoms. The summed E-state index contributed by atoms with van der Waals surface area (Å²) >= 11 is 5.02. The molecule has 1 aliphatic carbocycles. The van der Waals surface area contributed by atoms with Gasteiger partial charge in [-0.25, -0.2) is 9.97 Å². The highest BCUT2D eigenvalue weighted by atomic mass is 79.9. The van der Waals surface area contributed by atoms with Gasteiger partial charge in [0.15, 0.2) is 5.82 Å². The molecule has 0 saturated heterocycles. The maximum absolute atomic E-state index is 12.4. The van der Waals surface area contributed by atoms with Crippen LogP contribution in [0.2, 0.25) is 0 Å².